The summed E-state index contributed by atoms with van der Waals surface area (Å²) in [4.78, 5) is 26.1. The van der Waals surface area contributed by atoms with Gasteiger partial charge in [0.15, 0.2) is 0 Å². The molecule has 2 aliphatic rings. The molecule has 4 N–H and O–H groups in total. The number of carbonyl (C=O) groups is 2. The van der Waals surface area contributed by atoms with Crippen LogP contribution in [0.2, 0.25) is 0 Å². The van der Waals surface area contributed by atoms with E-state index >= 15 is 0 Å². The number of carbonyl (C=O) groups excluding carboxylic acids is 2. The van der Waals surface area contributed by atoms with E-state index in [1.54, 1.807) is 0 Å². The molecule has 2 amide bonds. The molecular formula is C26H45N5O4. The molecule has 0 saturated heterocycles. The second-order valence-corrected chi connectivity index (χ2v) is 9.96. The fourth-order valence-electron chi connectivity index (χ4n) is 5.05. The minimum Gasteiger partial charge on any atom is -0.382 e. The van der Waals surface area contributed by atoms with Crippen LogP contribution in [-0.2, 0) is 20.8 Å². The number of rotatable bonds is 13. The van der Waals surface area contributed by atoms with Gasteiger partial charge in [-0.3, -0.25) is 9.59 Å². The minimum atomic E-state index is -0.267. The Bertz CT molecular complexity index is 799. The predicted molar refractivity (Wildman–Crippen MR) is 136 cm³/mol. The lowest BCUT2D eigenvalue weighted by molar-refractivity contribution is -0.124. The Morgan fingerprint density at radius 2 is 1.49 bits per heavy atom. The van der Waals surface area contributed by atoms with Crippen molar-refractivity contribution in [1.82, 2.24) is 20.4 Å². The second-order valence-electron chi connectivity index (χ2n) is 9.96. The van der Waals surface area contributed by atoms with Gasteiger partial charge in [0.1, 0.15) is 18.1 Å². The molecule has 0 aliphatic heterocycles. The van der Waals surface area contributed by atoms with Crippen LogP contribution in [0.5, 0.6) is 0 Å². The molecule has 0 unspecified atom stereocenters. The highest BCUT2D eigenvalue weighted by Crippen LogP contribution is 2.23. The first kappa shape index (κ1) is 27.5. The quantitative estimate of drug-likeness (QED) is 0.363. The molecule has 2 saturated carbocycles. The minimum absolute atomic E-state index is 0.0124. The molecule has 9 nitrogen and oxygen atoms in total. The van der Waals surface area contributed by atoms with Crippen molar-refractivity contribution in [3.8, 4) is 0 Å². The van der Waals surface area contributed by atoms with E-state index in [0.29, 0.717) is 12.3 Å². The van der Waals surface area contributed by atoms with Crippen molar-refractivity contribution >= 4 is 17.6 Å². The van der Waals surface area contributed by atoms with Gasteiger partial charge < -0.3 is 25.8 Å². The maximum Gasteiger partial charge on any atom is 0.269 e. The van der Waals surface area contributed by atoms with Crippen LogP contribution < -0.4 is 16.4 Å². The van der Waals surface area contributed by atoms with Crippen molar-refractivity contribution in [2.45, 2.75) is 122 Å². The molecule has 0 aromatic carbocycles. The van der Waals surface area contributed by atoms with Gasteiger partial charge in [0.05, 0.1) is 24.3 Å². The van der Waals surface area contributed by atoms with Gasteiger partial charge in [-0.2, -0.15) is 5.10 Å². The number of amides is 2. The van der Waals surface area contributed by atoms with Gasteiger partial charge in [0.25, 0.3) is 5.91 Å². The number of nitrogens with two attached hydrogens (primary N) is 1. The predicted octanol–water partition coefficient (Wildman–Crippen LogP) is 3.57. The Morgan fingerprint density at radius 1 is 0.943 bits per heavy atom. The van der Waals surface area contributed by atoms with E-state index in [2.05, 4.69) is 29.6 Å². The van der Waals surface area contributed by atoms with Gasteiger partial charge in [0, 0.05) is 19.3 Å². The number of hydrogen-bond donors (Lipinski definition) is 3. The number of aromatic nitrogens is 2. The Labute approximate surface area is 209 Å². The number of nitrogens with one attached hydrogen (secondary N) is 2. The summed E-state index contributed by atoms with van der Waals surface area (Å²) in [5.74, 6) is -0.228. The largest absolute Gasteiger partial charge is 0.382 e. The molecule has 0 bridgehead atoms. The topological polar surface area (TPSA) is 120 Å². The Hall–Kier alpha value is -2.13. The fraction of sp³-hybridized carbons (Fsp3) is 0.808. The van der Waals surface area contributed by atoms with Gasteiger partial charge >= 0.3 is 0 Å². The first-order valence-corrected chi connectivity index (χ1v) is 13.7. The highest BCUT2D eigenvalue weighted by molar-refractivity contribution is 5.94. The highest BCUT2D eigenvalue weighted by Gasteiger charge is 2.30. The average molecular weight is 492 g/mol. The molecule has 2 aliphatic carbocycles. The molecule has 4 atom stereocenters. The zero-order chi connectivity index (χ0) is 25.0. The van der Waals surface area contributed by atoms with Gasteiger partial charge in [-0.15, -0.1) is 0 Å². The molecule has 0 spiro atoms. The van der Waals surface area contributed by atoms with Crippen molar-refractivity contribution in [3.05, 3.63) is 11.8 Å². The van der Waals surface area contributed by atoms with Crippen molar-refractivity contribution < 1.29 is 19.1 Å². The SMILES string of the molecule is CCCCO[C@H]1CCCC[C@@H]1NC(=O)c1cc(N)nn1CC(=O)N[C@@H]1CCCC[C@H]1OCCCC. The van der Waals surface area contributed by atoms with Crippen LogP contribution in [0.4, 0.5) is 5.82 Å². The Kier molecular flexibility index (Phi) is 11.3. The molecule has 1 heterocycles. The van der Waals surface area contributed by atoms with E-state index in [-0.39, 0.29) is 48.5 Å². The smallest absolute Gasteiger partial charge is 0.269 e. The van der Waals surface area contributed by atoms with Crippen LogP contribution in [0.15, 0.2) is 6.07 Å². The molecule has 2 fully saturated rings. The molecule has 35 heavy (non-hydrogen) atoms. The van der Waals surface area contributed by atoms with Crippen molar-refractivity contribution in [2.24, 2.45) is 0 Å². The maximum absolute atomic E-state index is 13.2. The normalized spacial score (nSPS) is 24.7. The number of unbranched alkanes of at least 4 members (excludes halogenated alkanes) is 2. The lowest BCUT2D eigenvalue weighted by atomic mass is 9.92. The highest BCUT2D eigenvalue weighted by atomic mass is 16.5. The number of nitrogens with zero attached hydrogens (tertiary/aromatic N) is 2. The van der Waals surface area contributed by atoms with Gasteiger partial charge in [-0.25, -0.2) is 4.68 Å². The van der Waals surface area contributed by atoms with Gasteiger partial charge in [0.2, 0.25) is 5.91 Å². The third-order valence-electron chi connectivity index (χ3n) is 7.05. The summed E-state index contributed by atoms with van der Waals surface area (Å²) in [5, 5.41) is 10.5. The van der Waals surface area contributed by atoms with Gasteiger partial charge in [-0.1, -0.05) is 52.4 Å². The molecular weight excluding hydrogens is 446 g/mol. The van der Waals surface area contributed by atoms with Crippen molar-refractivity contribution in [2.75, 3.05) is 18.9 Å². The molecule has 0 radical (unpaired) electrons. The third kappa shape index (κ3) is 8.49. The monoisotopic (exact) mass is 491 g/mol. The average Bonchev–Trinajstić information content (AvgIpc) is 3.21. The lowest BCUT2D eigenvalue weighted by Gasteiger charge is -2.32. The zero-order valence-electron chi connectivity index (χ0n) is 21.6. The summed E-state index contributed by atoms with van der Waals surface area (Å²) in [6, 6.07) is 1.48. The summed E-state index contributed by atoms with van der Waals surface area (Å²) >= 11 is 0. The van der Waals surface area contributed by atoms with Crippen LogP contribution in [0.3, 0.4) is 0 Å². The number of ether oxygens (including phenoxy) is 2. The van der Waals surface area contributed by atoms with Crippen LogP contribution >= 0.6 is 0 Å². The molecule has 9 heteroatoms. The molecule has 1 aromatic rings. The maximum atomic E-state index is 13.2. The number of anilines is 1. The molecule has 1 aromatic heterocycles. The summed E-state index contributed by atoms with van der Waals surface area (Å²) in [6.45, 7) is 5.65. The van der Waals surface area contributed by atoms with Crippen LogP contribution in [0.1, 0.15) is 101 Å². The summed E-state index contributed by atoms with van der Waals surface area (Å²) in [5.41, 5.74) is 6.22. The molecule has 198 valence electrons. The first-order chi connectivity index (χ1) is 17.0. The van der Waals surface area contributed by atoms with E-state index in [1.165, 1.54) is 10.7 Å². The fourth-order valence-corrected chi connectivity index (χ4v) is 5.05. The lowest BCUT2D eigenvalue weighted by Crippen LogP contribution is -2.48. The summed E-state index contributed by atoms with van der Waals surface area (Å²) < 4.78 is 13.5. The van der Waals surface area contributed by atoms with Crippen LogP contribution in [0.25, 0.3) is 0 Å². The zero-order valence-corrected chi connectivity index (χ0v) is 21.6. The first-order valence-electron chi connectivity index (χ1n) is 13.7. The number of nitrogen functional groups attached to an aromatic ring is 1. The second kappa shape index (κ2) is 14.4. The van der Waals surface area contributed by atoms with E-state index in [4.69, 9.17) is 15.2 Å². The summed E-state index contributed by atoms with van der Waals surface area (Å²) in [7, 11) is 0. The summed E-state index contributed by atoms with van der Waals surface area (Å²) in [6.07, 6.45) is 12.3. The van der Waals surface area contributed by atoms with Crippen LogP contribution in [0, 0.1) is 0 Å². The third-order valence-corrected chi connectivity index (χ3v) is 7.05. The van der Waals surface area contributed by atoms with E-state index in [1.807, 2.05) is 0 Å². The van der Waals surface area contributed by atoms with Crippen LogP contribution in [-0.4, -0.2) is 59.1 Å². The van der Waals surface area contributed by atoms with Crippen molar-refractivity contribution in [3.63, 3.8) is 0 Å². The number of hydrogen-bond acceptors (Lipinski definition) is 6. The Morgan fingerprint density at radius 3 is 2.06 bits per heavy atom. The van der Waals surface area contributed by atoms with Gasteiger partial charge in [-0.05, 0) is 38.5 Å². The Balaban J connectivity index is 1.58. The van der Waals surface area contributed by atoms with E-state index in [9.17, 15) is 9.59 Å². The van der Waals surface area contributed by atoms with E-state index < -0.39 is 0 Å². The van der Waals surface area contributed by atoms with E-state index in [0.717, 1.165) is 83.7 Å². The molecule has 3 rings (SSSR count). The standard InChI is InChI=1S/C26H45N5O4/c1-3-5-15-34-22-13-9-7-11-19(22)28-25(32)18-31-21(17-24(27)30-31)26(33)29-20-12-8-10-14-23(20)35-16-6-4-2/h17,19-20,22-23H,3-16,18H2,1-2H3,(H2,27,30)(H,28,32)(H,29,33)/t19-,20+,22-,23+/m1/s1. The van der Waals surface area contributed by atoms with Crippen molar-refractivity contribution in [1.29, 1.82) is 0 Å².